The number of aryl methyl sites for hydroxylation is 1. The molecule has 1 heterocycles. The quantitative estimate of drug-likeness (QED) is 0.784. The van der Waals surface area contributed by atoms with E-state index in [9.17, 15) is 9.90 Å². The van der Waals surface area contributed by atoms with Crippen molar-refractivity contribution in [1.82, 2.24) is 9.55 Å². The molecule has 0 fully saturated rings. The maximum Gasteiger partial charge on any atom is 0.261 e. The number of aliphatic hydroxyl groups excluding tert-OH is 1. The average molecular weight is 310 g/mol. The number of nitrogens with zero attached hydrogens (tertiary/aromatic N) is 2. The zero-order valence-electron chi connectivity index (χ0n) is 12.8. The summed E-state index contributed by atoms with van der Waals surface area (Å²) in [4.78, 5) is 16.6. The molecule has 0 unspecified atom stereocenters. The first kappa shape index (κ1) is 15.2. The highest BCUT2D eigenvalue weighted by molar-refractivity contribution is 5.76. The molecule has 5 nitrogen and oxygen atoms in total. The Hall–Kier alpha value is -2.66. The summed E-state index contributed by atoms with van der Waals surface area (Å²) in [5.41, 5.74) is 1.64. The summed E-state index contributed by atoms with van der Waals surface area (Å²) in [6, 6.07) is 14.8. The maximum absolute atomic E-state index is 12.3. The number of rotatable bonds is 5. The van der Waals surface area contributed by atoms with Crippen LogP contribution >= 0.6 is 0 Å². The van der Waals surface area contributed by atoms with Crippen molar-refractivity contribution in [2.75, 3.05) is 6.61 Å². The summed E-state index contributed by atoms with van der Waals surface area (Å²) in [6.45, 7) is 2.25. The monoisotopic (exact) mass is 310 g/mol. The van der Waals surface area contributed by atoms with Gasteiger partial charge in [-0.15, -0.1) is 0 Å². The second kappa shape index (κ2) is 6.62. The predicted molar refractivity (Wildman–Crippen MR) is 88.7 cm³/mol. The summed E-state index contributed by atoms with van der Waals surface area (Å²) >= 11 is 0. The zero-order valence-corrected chi connectivity index (χ0v) is 12.8. The first-order valence-electron chi connectivity index (χ1n) is 7.45. The number of aromatic nitrogens is 2. The van der Waals surface area contributed by atoms with Gasteiger partial charge in [0.1, 0.15) is 18.5 Å². The molecule has 23 heavy (non-hydrogen) atoms. The van der Waals surface area contributed by atoms with Gasteiger partial charge in [0.25, 0.3) is 5.56 Å². The fraction of sp³-hybridized carbons (Fsp3) is 0.222. The van der Waals surface area contributed by atoms with Crippen LogP contribution in [-0.4, -0.2) is 27.4 Å². The van der Waals surface area contributed by atoms with Crippen LogP contribution in [0.2, 0.25) is 0 Å². The van der Waals surface area contributed by atoms with Gasteiger partial charge < -0.3 is 9.84 Å². The van der Waals surface area contributed by atoms with Crippen molar-refractivity contribution in [1.29, 1.82) is 0 Å². The molecule has 1 atom stereocenters. The van der Waals surface area contributed by atoms with Crippen molar-refractivity contribution in [2.45, 2.75) is 19.6 Å². The highest BCUT2D eigenvalue weighted by atomic mass is 16.5. The van der Waals surface area contributed by atoms with Crippen molar-refractivity contribution in [3.8, 4) is 5.75 Å². The molecular formula is C18H18N2O3. The van der Waals surface area contributed by atoms with Crippen LogP contribution in [0, 0.1) is 6.92 Å². The van der Waals surface area contributed by atoms with Crippen molar-refractivity contribution < 1.29 is 9.84 Å². The molecule has 118 valence electrons. The number of ether oxygens (including phenoxy) is 1. The highest BCUT2D eigenvalue weighted by Crippen LogP contribution is 2.12. The number of hydrogen-bond acceptors (Lipinski definition) is 4. The number of hydrogen-bond donors (Lipinski definition) is 1. The van der Waals surface area contributed by atoms with Gasteiger partial charge in [0, 0.05) is 0 Å². The van der Waals surface area contributed by atoms with E-state index in [1.165, 1.54) is 10.9 Å². The van der Waals surface area contributed by atoms with Gasteiger partial charge in [0.15, 0.2) is 0 Å². The van der Waals surface area contributed by atoms with Crippen molar-refractivity contribution in [3.05, 3.63) is 70.8 Å². The lowest BCUT2D eigenvalue weighted by atomic mass is 10.2. The predicted octanol–water partition coefficient (Wildman–Crippen LogP) is 2.14. The number of aliphatic hydroxyl groups is 1. The standard InChI is InChI=1S/C18H18N2O3/c1-13-6-8-15(9-7-13)23-11-14(21)10-20-12-19-17-5-3-2-4-16(17)18(20)22/h2-9,12,14,21H,10-11H2,1H3/t14-/m1/s1. The second-order valence-corrected chi connectivity index (χ2v) is 5.50. The molecule has 0 spiro atoms. The molecule has 0 amide bonds. The Kier molecular flexibility index (Phi) is 4.39. The van der Waals surface area contributed by atoms with Crippen LogP contribution in [0.5, 0.6) is 5.75 Å². The van der Waals surface area contributed by atoms with Crippen LogP contribution in [0.3, 0.4) is 0 Å². The van der Waals surface area contributed by atoms with Crippen LogP contribution in [-0.2, 0) is 6.54 Å². The Morgan fingerprint density at radius 1 is 1.17 bits per heavy atom. The summed E-state index contributed by atoms with van der Waals surface area (Å²) in [6.07, 6.45) is 0.664. The van der Waals surface area contributed by atoms with Crippen molar-refractivity contribution in [3.63, 3.8) is 0 Å². The number of fused-ring (bicyclic) bond motifs is 1. The third-order valence-electron chi connectivity index (χ3n) is 3.60. The molecule has 3 aromatic rings. The van der Waals surface area contributed by atoms with Gasteiger partial charge in [-0.05, 0) is 31.2 Å². The minimum absolute atomic E-state index is 0.113. The van der Waals surface area contributed by atoms with Gasteiger partial charge in [-0.3, -0.25) is 9.36 Å². The van der Waals surface area contributed by atoms with Gasteiger partial charge >= 0.3 is 0 Å². The second-order valence-electron chi connectivity index (χ2n) is 5.50. The van der Waals surface area contributed by atoms with Crippen LogP contribution in [0.25, 0.3) is 10.9 Å². The normalized spacial score (nSPS) is 12.3. The van der Waals surface area contributed by atoms with Crippen molar-refractivity contribution >= 4 is 10.9 Å². The van der Waals surface area contributed by atoms with E-state index in [0.29, 0.717) is 16.7 Å². The lowest BCUT2D eigenvalue weighted by molar-refractivity contribution is 0.0915. The SMILES string of the molecule is Cc1ccc(OC[C@H](O)Cn2cnc3ccccc3c2=O)cc1. The molecule has 2 aromatic carbocycles. The summed E-state index contributed by atoms with van der Waals surface area (Å²) in [5, 5.41) is 10.6. The first-order valence-corrected chi connectivity index (χ1v) is 7.45. The highest BCUT2D eigenvalue weighted by Gasteiger charge is 2.10. The van der Waals surface area contributed by atoms with E-state index in [1.807, 2.05) is 37.3 Å². The minimum Gasteiger partial charge on any atom is -0.491 e. The average Bonchev–Trinajstić information content (AvgIpc) is 2.57. The maximum atomic E-state index is 12.3. The fourth-order valence-electron chi connectivity index (χ4n) is 2.34. The van der Waals surface area contributed by atoms with Crippen LogP contribution < -0.4 is 10.3 Å². The van der Waals surface area contributed by atoms with Crippen LogP contribution in [0.1, 0.15) is 5.56 Å². The summed E-state index contributed by atoms with van der Waals surface area (Å²) in [5.74, 6) is 0.693. The third kappa shape index (κ3) is 3.57. The van der Waals surface area contributed by atoms with Gasteiger partial charge in [0.05, 0.1) is 23.8 Å². The molecule has 5 heteroatoms. The summed E-state index contributed by atoms with van der Waals surface area (Å²) in [7, 11) is 0. The molecule has 0 saturated heterocycles. The van der Waals surface area contributed by atoms with Crippen molar-refractivity contribution in [2.24, 2.45) is 0 Å². The van der Waals surface area contributed by atoms with E-state index in [4.69, 9.17) is 4.74 Å². The van der Waals surface area contributed by atoms with Crippen LogP contribution in [0.4, 0.5) is 0 Å². The van der Waals surface area contributed by atoms with E-state index < -0.39 is 6.10 Å². The van der Waals surface area contributed by atoms with Gasteiger partial charge in [-0.2, -0.15) is 0 Å². The molecule has 0 aliphatic heterocycles. The molecule has 0 radical (unpaired) electrons. The molecule has 1 N–H and O–H groups in total. The Labute approximate surface area is 133 Å². The summed E-state index contributed by atoms with van der Waals surface area (Å²) < 4.78 is 6.94. The van der Waals surface area contributed by atoms with E-state index >= 15 is 0 Å². The number of para-hydroxylation sites is 1. The molecular weight excluding hydrogens is 292 g/mol. The van der Waals surface area contributed by atoms with Gasteiger partial charge in [-0.1, -0.05) is 29.8 Å². The smallest absolute Gasteiger partial charge is 0.261 e. The molecule has 0 bridgehead atoms. The lowest BCUT2D eigenvalue weighted by Crippen LogP contribution is -2.30. The topological polar surface area (TPSA) is 64.3 Å². The van der Waals surface area contributed by atoms with Gasteiger partial charge in [0.2, 0.25) is 0 Å². The molecule has 3 rings (SSSR count). The Bertz CT molecular complexity index is 856. The van der Waals surface area contributed by atoms with Crippen LogP contribution in [0.15, 0.2) is 59.7 Å². The molecule has 0 aliphatic rings. The third-order valence-corrected chi connectivity index (χ3v) is 3.60. The molecule has 0 saturated carbocycles. The van der Waals surface area contributed by atoms with E-state index in [-0.39, 0.29) is 18.7 Å². The van der Waals surface area contributed by atoms with E-state index in [0.717, 1.165) is 5.56 Å². The Morgan fingerprint density at radius 2 is 1.91 bits per heavy atom. The Balaban J connectivity index is 1.68. The largest absolute Gasteiger partial charge is 0.491 e. The number of benzene rings is 2. The van der Waals surface area contributed by atoms with E-state index in [1.54, 1.807) is 18.2 Å². The molecule has 0 aliphatic carbocycles. The fourth-order valence-corrected chi connectivity index (χ4v) is 2.34. The first-order chi connectivity index (χ1) is 11.1. The Morgan fingerprint density at radius 3 is 2.70 bits per heavy atom. The minimum atomic E-state index is -0.794. The lowest BCUT2D eigenvalue weighted by Gasteiger charge is -2.14. The van der Waals surface area contributed by atoms with E-state index in [2.05, 4.69) is 4.98 Å². The zero-order chi connectivity index (χ0) is 16.2. The van der Waals surface area contributed by atoms with Gasteiger partial charge in [-0.25, -0.2) is 4.98 Å². The molecule has 1 aromatic heterocycles.